The molecule has 3 nitrogen and oxygen atoms in total. The van der Waals surface area contributed by atoms with Gasteiger partial charge in [-0.15, -0.1) is 0 Å². The largest absolute Gasteiger partial charge is 0.485 e. The maximum Gasteiger partial charge on any atom is 0.200 e. The van der Waals surface area contributed by atoms with Gasteiger partial charge in [0.2, 0.25) is 0 Å². The summed E-state index contributed by atoms with van der Waals surface area (Å²) in [5.74, 6) is 0.576. The minimum Gasteiger partial charge on any atom is -0.485 e. The van der Waals surface area contributed by atoms with Crippen molar-refractivity contribution in [2.45, 2.75) is 6.42 Å². The van der Waals surface area contributed by atoms with Gasteiger partial charge in [-0.2, -0.15) is 0 Å². The van der Waals surface area contributed by atoms with E-state index in [-0.39, 0.29) is 18.2 Å². The first-order valence-corrected chi connectivity index (χ1v) is 9.33. The molecular formula is C24H17ClO3. The van der Waals surface area contributed by atoms with E-state index in [9.17, 15) is 9.59 Å². The Bertz CT molecular complexity index is 1060. The van der Waals surface area contributed by atoms with Crippen molar-refractivity contribution < 1.29 is 14.3 Å². The molecule has 0 aliphatic heterocycles. The molecule has 28 heavy (non-hydrogen) atoms. The molecule has 1 aliphatic carbocycles. The lowest BCUT2D eigenvalue weighted by Gasteiger charge is -2.06. The molecule has 4 heteroatoms. The second-order valence-corrected chi connectivity index (χ2v) is 7.06. The van der Waals surface area contributed by atoms with E-state index < -0.39 is 0 Å². The van der Waals surface area contributed by atoms with Crippen LogP contribution in [0.1, 0.15) is 31.8 Å². The van der Waals surface area contributed by atoms with Gasteiger partial charge < -0.3 is 4.74 Å². The Kier molecular flexibility index (Phi) is 5.09. The van der Waals surface area contributed by atoms with Crippen molar-refractivity contribution in [2.75, 3.05) is 6.61 Å². The number of ether oxygens (including phenoxy) is 1. The van der Waals surface area contributed by atoms with Crippen molar-refractivity contribution in [1.82, 2.24) is 0 Å². The molecule has 0 spiro atoms. The minimum atomic E-state index is -0.114. The molecule has 0 amide bonds. The molecule has 3 aromatic rings. The summed E-state index contributed by atoms with van der Waals surface area (Å²) >= 11 is 5.83. The molecule has 138 valence electrons. The van der Waals surface area contributed by atoms with E-state index in [1.54, 1.807) is 36.4 Å². The Labute approximate surface area is 168 Å². The molecule has 1 aliphatic rings. The molecule has 0 fully saturated rings. The summed E-state index contributed by atoms with van der Waals surface area (Å²) in [5, 5.41) is 0.589. The first-order valence-electron chi connectivity index (χ1n) is 8.95. The molecule has 0 aromatic heterocycles. The van der Waals surface area contributed by atoms with Gasteiger partial charge in [-0.1, -0.05) is 48.0 Å². The monoisotopic (exact) mass is 388 g/mol. The number of carbonyl (C=O) groups is 2. The lowest BCUT2D eigenvalue weighted by molar-refractivity contribution is 0.0921. The van der Waals surface area contributed by atoms with Crippen molar-refractivity contribution in [3.8, 4) is 5.75 Å². The van der Waals surface area contributed by atoms with E-state index >= 15 is 0 Å². The van der Waals surface area contributed by atoms with Crippen molar-refractivity contribution >= 4 is 29.2 Å². The topological polar surface area (TPSA) is 43.4 Å². The average Bonchev–Trinajstić information content (AvgIpc) is 3.03. The van der Waals surface area contributed by atoms with Crippen LogP contribution in [-0.4, -0.2) is 18.2 Å². The van der Waals surface area contributed by atoms with Gasteiger partial charge in [0.1, 0.15) is 5.75 Å². The zero-order valence-electron chi connectivity index (χ0n) is 15.0. The van der Waals surface area contributed by atoms with Gasteiger partial charge in [-0.25, -0.2) is 0 Å². The third-order valence-corrected chi connectivity index (χ3v) is 4.94. The van der Waals surface area contributed by atoms with Crippen LogP contribution in [0.2, 0.25) is 5.02 Å². The summed E-state index contributed by atoms with van der Waals surface area (Å²) in [7, 11) is 0. The highest BCUT2D eigenvalue weighted by molar-refractivity contribution is 6.30. The summed E-state index contributed by atoms with van der Waals surface area (Å²) in [5.41, 5.74) is 4.12. The van der Waals surface area contributed by atoms with Crippen LogP contribution >= 0.6 is 11.6 Å². The van der Waals surface area contributed by atoms with E-state index in [0.29, 0.717) is 22.8 Å². The van der Waals surface area contributed by atoms with Crippen LogP contribution in [0.25, 0.3) is 6.08 Å². The molecule has 0 radical (unpaired) electrons. The fourth-order valence-electron chi connectivity index (χ4n) is 3.20. The van der Waals surface area contributed by atoms with E-state index in [4.69, 9.17) is 16.3 Å². The second kappa shape index (κ2) is 7.83. The average molecular weight is 389 g/mol. The maximum absolute atomic E-state index is 12.5. The van der Waals surface area contributed by atoms with E-state index in [1.165, 1.54) is 0 Å². The number of fused-ring (bicyclic) bond motifs is 1. The number of hydrogen-bond donors (Lipinski definition) is 0. The quantitative estimate of drug-likeness (QED) is 0.432. The van der Waals surface area contributed by atoms with Gasteiger partial charge in [0, 0.05) is 28.1 Å². The Morgan fingerprint density at radius 2 is 1.68 bits per heavy atom. The zero-order chi connectivity index (χ0) is 19.5. The van der Waals surface area contributed by atoms with Crippen LogP contribution in [-0.2, 0) is 6.42 Å². The molecule has 0 heterocycles. The van der Waals surface area contributed by atoms with Crippen molar-refractivity contribution in [1.29, 1.82) is 0 Å². The fraction of sp³-hybridized carbons (Fsp3) is 0.0833. The summed E-state index contributed by atoms with van der Waals surface area (Å²) in [6.07, 6.45) is 2.56. The highest BCUT2D eigenvalue weighted by Crippen LogP contribution is 2.27. The summed E-state index contributed by atoms with van der Waals surface area (Å²) in [4.78, 5) is 24.6. The number of benzene rings is 3. The van der Waals surface area contributed by atoms with Gasteiger partial charge in [0.15, 0.2) is 18.2 Å². The van der Waals surface area contributed by atoms with Crippen LogP contribution in [0, 0.1) is 0 Å². The van der Waals surface area contributed by atoms with E-state index in [0.717, 1.165) is 22.3 Å². The number of Topliss-reactive ketones (excluding diaryl/α,β-unsaturated/α-hetero) is 2. The lowest BCUT2D eigenvalue weighted by Crippen LogP contribution is -2.11. The molecule has 0 unspecified atom stereocenters. The van der Waals surface area contributed by atoms with Crippen LogP contribution in [0.15, 0.2) is 78.4 Å². The van der Waals surface area contributed by atoms with Crippen LogP contribution in [0.3, 0.4) is 0 Å². The Morgan fingerprint density at radius 1 is 0.964 bits per heavy atom. The standard InChI is InChI=1S/C24H17ClO3/c25-20-9-7-17(8-10-20)23(26)15-28-21-11-5-16(6-12-21)13-19-14-18-3-1-2-4-22(18)24(19)27/h1-13H,14-15H2/b19-13+. The Morgan fingerprint density at radius 3 is 2.39 bits per heavy atom. The molecule has 0 bridgehead atoms. The number of rotatable bonds is 5. The van der Waals surface area contributed by atoms with Crippen LogP contribution < -0.4 is 4.74 Å². The van der Waals surface area contributed by atoms with Gasteiger partial charge >= 0.3 is 0 Å². The smallest absolute Gasteiger partial charge is 0.200 e. The van der Waals surface area contributed by atoms with E-state index in [2.05, 4.69) is 0 Å². The lowest BCUT2D eigenvalue weighted by atomic mass is 10.1. The Balaban J connectivity index is 1.40. The van der Waals surface area contributed by atoms with E-state index in [1.807, 2.05) is 42.5 Å². The number of allylic oxidation sites excluding steroid dienone is 1. The predicted octanol–water partition coefficient (Wildman–Crippen LogP) is 5.42. The van der Waals surface area contributed by atoms with Gasteiger partial charge in [-0.05, 0) is 53.6 Å². The summed E-state index contributed by atoms with van der Waals surface area (Å²) in [6.45, 7) is -0.0458. The van der Waals surface area contributed by atoms with Crippen molar-refractivity contribution in [2.24, 2.45) is 0 Å². The summed E-state index contributed by atoms with van der Waals surface area (Å²) < 4.78 is 5.58. The molecule has 0 saturated heterocycles. The minimum absolute atomic E-state index is 0.0458. The SMILES string of the molecule is O=C(COc1ccc(/C=C2\Cc3ccccc3C2=O)cc1)c1ccc(Cl)cc1. The first-order chi connectivity index (χ1) is 13.6. The number of ketones is 2. The fourth-order valence-corrected chi connectivity index (χ4v) is 3.33. The second-order valence-electron chi connectivity index (χ2n) is 6.62. The first kappa shape index (κ1) is 18.2. The number of halogens is 1. The third-order valence-electron chi connectivity index (χ3n) is 4.69. The molecule has 4 rings (SSSR count). The molecular weight excluding hydrogens is 372 g/mol. The summed E-state index contributed by atoms with van der Waals surface area (Å²) in [6, 6.07) is 21.8. The van der Waals surface area contributed by atoms with Gasteiger partial charge in [0.05, 0.1) is 0 Å². The molecule has 0 atom stereocenters. The highest BCUT2D eigenvalue weighted by atomic mass is 35.5. The highest BCUT2D eigenvalue weighted by Gasteiger charge is 2.23. The number of hydrogen-bond acceptors (Lipinski definition) is 3. The predicted molar refractivity (Wildman–Crippen MR) is 110 cm³/mol. The normalized spacial score (nSPS) is 14.2. The Hall–Kier alpha value is -3.17. The van der Waals surface area contributed by atoms with Crippen LogP contribution in [0.5, 0.6) is 5.75 Å². The third kappa shape index (κ3) is 3.90. The molecule has 0 N–H and O–H groups in total. The zero-order valence-corrected chi connectivity index (χ0v) is 15.8. The number of carbonyl (C=O) groups excluding carboxylic acids is 2. The van der Waals surface area contributed by atoms with Crippen molar-refractivity contribution in [3.05, 3.63) is 106 Å². The van der Waals surface area contributed by atoms with Gasteiger partial charge in [-0.3, -0.25) is 9.59 Å². The maximum atomic E-state index is 12.5. The van der Waals surface area contributed by atoms with Crippen molar-refractivity contribution in [3.63, 3.8) is 0 Å². The molecule has 3 aromatic carbocycles. The molecule has 0 saturated carbocycles. The van der Waals surface area contributed by atoms with Crippen LogP contribution in [0.4, 0.5) is 0 Å². The van der Waals surface area contributed by atoms with Gasteiger partial charge in [0.25, 0.3) is 0 Å².